The third-order valence-corrected chi connectivity index (χ3v) is 3.54. The van der Waals surface area contributed by atoms with Crippen LogP contribution in [0.2, 0.25) is 0 Å². The zero-order valence-electron chi connectivity index (χ0n) is 12.5. The third kappa shape index (κ3) is 2.57. The normalized spacial score (nSPS) is 11.5. The number of benzene rings is 2. The van der Waals surface area contributed by atoms with Gasteiger partial charge in [0.05, 0.1) is 0 Å². The zero-order chi connectivity index (χ0) is 16.4. The van der Waals surface area contributed by atoms with Crippen LogP contribution < -0.4 is 0 Å². The van der Waals surface area contributed by atoms with Crippen molar-refractivity contribution in [3.8, 4) is 17.5 Å². The fourth-order valence-corrected chi connectivity index (χ4v) is 2.39. The summed E-state index contributed by atoms with van der Waals surface area (Å²) in [7, 11) is 0. The van der Waals surface area contributed by atoms with E-state index in [9.17, 15) is 5.26 Å². The van der Waals surface area contributed by atoms with Gasteiger partial charge in [-0.2, -0.15) is 10.2 Å². The number of nitriles is 1. The molecule has 0 aliphatic carbocycles. The van der Waals surface area contributed by atoms with Gasteiger partial charge in [0.1, 0.15) is 23.0 Å². The maximum atomic E-state index is 9.41. The van der Waals surface area contributed by atoms with Gasteiger partial charge in [-0.1, -0.05) is 53.7 Å². The van der Waals surface area contributed by atoms with Gasteiger partial charge in [0.25, 0.3) is 5.89 Å². The standard InChI is InChI=1S/C19H11N3O2/c20-12-15(11-16-10-14-8-4-5-9-17(14)23-16)19-21-18(22-24-19)13-6-2-1-3-7-13/h1-11H/b15-11-. The van der Waals surface area contributed by atoms with Crippen molar-refractivity contribution in [2.24, 2.45) is 0 Å². The van der Waals surface area contributed by atoms with Crippen LogP contribution in [-0.2, 0) is 0 Å². The van der Waals surface area contributed by atoms with Gasteiger partial charge in [-0.15, -0.1) is 0 Å². The van der Waals surface area contributed by atoms with E-state index < -0.39 is 0 Å². The van der Waals surface area contributed by atoms with Gasteiger partial charge < -0.3 is 8.94 Å². The lowest BCUT2D eigenvalue weighted by Crippen LogP contribution is -1.83. The summed E-state index contributed by atoms with van der Waals surface area (Å²) in [6, 6.07) is 21.0. The summed E-state index contributed by atoms with van der Waals surface area (Å²) in [5.41, 5.74) is 1.84. The van der Waals surface area contributed by atoms with Gasteiger partial charge in [-0.05, 0) is 12.1 Å². The minimum Gasteiger partial charge on any atom is -0.457 e. The van der Waals surface area contributed by atoms with Gasteiger partial charge in [0.2, 0.25) is 5.82 Å². The second-order valence-electron chi connectivity index (χ2n) is 5.15. The van der Waals surface area contributed by atoms with Crippen molar-refractivity contribution in [2.75, 3.05) is 0 Å². The average molecular weight is 313 g/mol. The number of allylic oxidation sites excluding steroid dienone is 1. The maximum Gasteiger partial charge on any atom is 0.269 e. The smallest absolute Gasteiger partial charge is 0.269 e. The summed E-state index contributed by atoms with van der Waals surface area (Å²) in [4.78, 5) is 4.29. The van der Waals surface area contributed by atoms with E-state index in [4.69, 9.17) is 8.94 Å². The van der Waals surface area contributed by atoms with E-state index in [-0.39, 0.29) is 11.5 Å². The Morgan fingerprint density at radius 3 is 2.62 bits per heavy atom. The summed E-state index contributed by atoms with van der Waals surface area (Å²) in [6.07, 6.45) is 1.60. The van der Waals surface area contributed by atoms with Crippen molar-refractivity contribution in [1.82, 2.24) is 10.1 Å². The number of furan rings is 1. The van der Waals surface area contributed by atoms with Gasteiger partial charge in [-0.25, -0.2) is 0 Å². The van der Waals surface area contributed by atoms with E-state index >= 15 is 0 Å². The lowest BCUT2D eigenvalue weighted by molar-refractivity contribution is 0.409. The molecule has 24 heavy (non-hydrogen) atoms. The molecule has 0 radical (unpaired) electrons. The molecule has 0 fully saturated rings. The van der Waals surface area contributed by atoms with Gasteiger partial charge in [0, 0.05) is 17.0 Å². The molecule has 114 valence electrons. The largest absolute Gasteiger partial charge is 0.457 e. The molecule has 0 aliphatic heterocycles. The van der Waals surface area contributed by atoms with Crippen LogP contribution in [0.1, 0.15) is 11.7 Å². The first kappa shape index (κ1) is 14.0. The van der Waals surface area contributed by atoms with Crippen LogP contribution in [0.3, 0.4) is 0 Å². The molecule has 0 N–H and O–H groups in total. The second-order valence-corrected chi connectivity index (χ2v) is 5.15. The highest BCUT2D eigenvalue weighted by molar-refractivity contribution is 5.88. The lowest BCUT2D eigenvalue weighted by atomic mass is 10.2. The molecular weight excluding hydrogens is 302 g/mol. The molecule has 0 atom stereocenters. The molecule has 0 spiro atoms. The minimum atomic E-state index is 0.164. The van der Waals surface area contributed by atoms with E-state index in [0.717, 1.165) is 16.5 Å². The number of fused-ring (bicyclic) bond motifs is 1. The number of nitrogens with zero attached hydrogens (tertiary/aromatic N) is 3. The molecule has 0 aliphatic rings. The molecule has 0 unspecified atom stereocenters. The fourth-order valence-electron chi connectivity index (χ4n) is 2.39. The number of hydrogen-bond donors (Lipinski definition) is 0. The van der Waals surface area contributed by atoms with Crippen LogP contribution in [0.25, 0.3) is 34.0 Å². The van der Waals surface area contributed by atoms with Crippen LogP contribution in [0.5, 0.6) is 0 Å². The Morgan fingerprint density at radius 2 is 1.83 bits per heavy atom. The molecule has 0 amide bonds. The fraction of sp³-hybridized carbons (Fsp3) is 0. The summed E-state index contributed by atoms with van der Waals surface area (Å²) in [6.45, 7) is 0. The SMILES string of the molecule is N#C/C(=C/c1cc2ccccc2o1)c1nc(-c2ccccc2)no1. The summed E-state index contributed by atoms with van der Waals surface area (Å²) in [5.74, 6) is 1.17. The highest BCUT2D eigenvalue weighted by Crippen LogP contribution is 2.24. The Hall–Kier alpha value is -3.65. The molecule has 0 bridgehead atoms. The third-order valence-electron chi connectivity index (χ3n) is 3.54. The van der Waals surface area contributed by atoms with Crippen molar-refractivity contribution in [3.63, 3.8) is 0 Å². The monoisotopic (exact) mass is 313 g/mol. The molecule has 4 rings (SSSR count). The van der Waals surface area contributed by atoms with Crippen LogP contribution in [0.4, 0.5) is 0 Å². The van der Waals surface area contributed by atoms with Crippen molar-refractivity contribution in [2.45, 2.75) is 0 Å². The Bertz CT molecular complexity index is 1040. The Kier molecular flexibility index (Phi) is 3.41. The van der Waals surface area contributed by atoms with Crippen molar-refractivity contribution in [1.29, 1.82) is 5.26 Å². The molecule has 5 nitrogen and oxygen atoms in total. The molecule has 0 saturated heterocycles. The van der Waals surface area contributed by atoms with Crippen LogP contribution in [0.15, 0.2) is 69.6 Å². The average Bonchev–Trinajstić information content (AvgIpc) is 3.27. The number of para-hydroxylation sites is 1. The summed E-state index contributed by atoms with van der Waals surface area (Å²) < 4.78 is 10.9. The van der Waals surface area contributed by atoms with Gasteiger partial charge in [-0.3, -0.25) is 0 Å². The predicted octanol–water partition coefficient (Wildman–Crippen LogP) is 4.55. The Balaban J connectivity index is 1.71. The molecule has 0 saturated carbocycles. The summed E-state index contributed by atoms with van der Waals surface area (Å²) >= 11 is 0. The molecule has 4 aromatic rings. The molecule has 2 heterocycles. The van der Waals surface area contributed by atoms with Crippen LogP contribution >= 0.6 is 0 Å². The van der Waals surface area contributed by atoms with Crippen LogP contribution in [0, 0.1) is 11.3 Å². The predicted molar refractivity (Wildman–Crippen MR) is 89.4 cm³/mol. The van der Waals surface area contributed by atoms with Gasteiger partial charge in [0.15, 0.2) is 0 Å². The van der Waals surface area contributed by atoms with Gasteiger partial charge >= 0.3 is 0 Å². The topological polar surface area (TPSA) is 75.8 Å². The molecule has 2 aromatic heterocycles. The first-order chi connectivity index (χ1) is 11.8. The molecular formula is C19H11N3O2. The zero-order valence-corrected chi connectivity index (χ0v) is 12.5. The van der Waals surface area contributed by atoms with Crippen molar-refractivity contribution >= 4 is 22.6 Å². The summed E-state index contributed by atoms with van der Waals surface area (Å²) in [5, 5.41) is 14.3. The van der Waals surface area contributed by atoms with E-state index in [1.165, 1.54) is 0 Å². The molecule has 2 aromatic carbocycles. The van der Waals surface area contributed by atoms with E-state index in [1.54, 1.807) is 6.08 Å². The van der Waals surface area contributed by atoms with Crippen molar-refractivity contribution in [3.05, 3.63) is 72.3 Å². The lowest BCUT2D eigenvalue weighted by Gasteiger charge is -1.91. The first-order valence-corrected chi connectivity index (χ1v) is 7.33. The molecule has 5 heteroatoms. The van der Waals surface area contributed by atoms with E-state index in [2.05, 4.69) is 16.2 Å². The first-order valence-electron chi connectivity index (χ1n) is 7.33. The number of aromatic nitrogens is 2. The minimum absolute atomic E-state index is 0.164. The maximum absolute atomic E-state index is 9.41. The number of hydrogen-bond acceptors (Lipinski definition) is 5. The van der Waals surface area contributed by atoms with Crippen molar-refractivity contribution < 1.29 is 8.94 Å². The highest BCUT2D eigenvalue weighted by Gasteiger charge is 2.13. The number of rotatable bonds is 3. The van der Waals surface area contributed by atoms with Crippen LogP contribution in [-0.4, -0.2) is 10.1 Å². The Morgan fingerprint density at radius 1 is 1.04 bits per heavy atom. The second kappa shape index (κ2) is 5.86. The van der Waals surface area contributed by atoms with E-state index in [0.29, 0.717) is 11.6 Å². The van der Waals surface area contributed by atoms with E-state index in [1.807, 2.05) is 60.7 Å². The quantitative estimate of drug-likeness (QED) is 0.519. The highest BCUT2D eigenvalue weighted by atomic mass is 16.5. The Labute approximate surface area is 137 Å².